The molecule has 0 saturated carbocycles. The molecule has 0 heterocycles. The fraction of sp³-hybridized carbons (Fsp3) is 0.0526. The molecule has 0 spiro atoms. The molecule has 0 radical (unpaired) electrons. The Hall–Kier alpha value is -3.04. The molecule has 0 amide bonds. The van der Waals surface area contributed by atoms with Gasteiger partial charge in [-0.25, -0.2) is 0 Å². The van der Waals surface area contributed by atoms with Gasteiger partial charge in [-0.15, -0.1) is 0 Å². The number of hydrogen-bond donors (Lipinski definition) is 3. The summed E-state index contributed by atoms with van der Waals surface area (Å²) in [4.78, 5) is 12.7. The number of para-hydroxylation sites is 2. The van der Waals surface area contributed by atoms with Crippen LogP contribution in [0.15, 0.2) is 75.4 Å². The maximum Gasteiger partial charge on any atom is 0.287 e. The van der Waals surface area contributed by atoms with Gasteiger partial charge in [0.15, 0.2) is 11.5 Å². The first-order valence-electron chi connectivity index (χ1n) is 8.09. The van der Waals surface area contributed by atoms with E-state index in [4.69, 9.17) is 16.2 Å². The number of nitrogen functional groups attached to an aromatic ring is 2. The number of phenolic OH excluding ortho intramolecular Hbond substituents is 1. The average Bonchev–Trinajstić information content (AvgIpc) is 2.66. The molecule has 7 nitrogen and oxygen atoms in total. The number of ether oxygens (including phenoxy) is 1. The van der Waals surface area contributed by atoms with E-state index in [0.717, 1.165) is 16.7 Å². The van der Waals surface area contributed by atoms with Crippen molar-refractivity contribution in [1.82, 2.24) is 0 Å². The summed E-state index contributed by atoms with van der Waals surface area (Å²) in [6, 6.07) is 16.8. The number of anilines is 2. The molecule has 0 aliphatic heterocycles. The first-order chi connectivity index (χ1) is 13.5. The second kappa shape index (κ2) is 8.77. The van der Waals surface area contributed by atoms with E-state index in [0.29, 0.717) is 16.3 Å². The molecule has 0 fully saturated rings. The van der Waals surface area contributed by atoms with Crippen LogP contribution < -0.4 is 16.2 Å². The van der Waals surface area contributed by atoms with Gasteiger partial charge >= 0.3 is 0 Å². The quantitative estimate of drug-likeness (QED) is 0.166. The Morgan fingerprint density at radius 2 is 1.57 bits per heavy atom. The van der Waals surface area contributed by atoms with Crippen LogP contribution in [0.25, 0.3) is 0 Å². The SMILES string of the molecule is Nc1ccccc1SCOc1cc([N+](=O)[O-])c(Sc2ccccc2N)cc1O. The number of nitro groups is 1. The van der Waals surface area contributed by atoms with Crippen molar-refractivity contribution in [3.8, 4) is 11.5 Å². The van der Waals surface area contributed by atoms with Crippen LogP contribution in [-0.4, -0.2) is 16.0 Å². The third kappa shape index (κ3) is 4.62. The Balaban J connectivity index is 1.80. The van der Waals surface area contributed by atoms with Crippen molar-refractivity contribution in [2.24, 2.45) is 0 Å². The van der Waals surface area contributed by atoms with Gasteiger partial charge in [0.05, 0.1) is 15.9 Å². The van der Waals surface area contributed by atoms with E-state index in [2.05, 4.69) is 0 Å². The van der Waals surface area contributed by atoms with Crippen LogP contribution in [-0.2, 0) is 0 Å². The van der Waals surface area contributed by atoms with Gasteiger partial charge in [0, 0.05) is 27.2 Å². The highest BCUT2D eigenvalue weighted by Crippen LogP contribution is 2.43. The average molecular weight is 415 g/mol. The van der Waals surface area contributed by atoms with Crippen LogP contribution in [0.1, 0.15) is 0 Å². The Bertz CT molecular complexity index is 1010. The summed E-state index contributed by atoms with van der Waals surface area (Å²) in [6.45, 7) is 0. The minimum absolute atomic E-state index is 0.0269. The highest BCUT2D eigenvalue weighted by atomic mass is 32.2. The normalized spacial score (nSPS) is 10.6. The molecule has 0 unspecified atom stereocenters. The summed E-state index contributed by atoms with van der Waals surface area (Å²) < 4.78 is 5.53. The molecule has 9 heteroatoms. The van der Waals surface area contributed by atoms with Gasteiger partial charge in [-0.3, -0.25) is 10.1 Å². The maximum atomic E-state index is 11.5. The summed E-state index contributed by atoms with van der Waals surface area (Å²) in [5, 5.41) is 21.8. The fourth-order valence-electron chi connectivity index (χ4n) is 2.34. The van der Waals surface area contributed by atoms with E-state index in [-0.39, 0.29) is 28.0 Å². The minimum atomic E-state index is -0.518. The fourth-order valence-corrected chi connectivity index (χ4v) is 4.04. The smallest absolute Gasteiger partial charge is 0.287 e. The monoisotopic (exact) mass is 415 g/mol. The summed E-state index contributed by atoms with van der Waals surface area (Å²) in [5.41, 5.74) is 12.7. The molecule has 0 atom stereocenters. The van der Waals surface area contributed by atoms with Gasteiger partial charge in [0.25, 0.3) is 5.69 Å². The topological polar surface area (TPSA) is 125 Å². The Labute approximate surface area is 169 Å². The van der Waals surface area contributed by atoms with Gasteiger partial charge in [0.2, 0.25) is 0 Å². The predicted molar refractivity (Wildman–Crippen MR) is 112 cm³/mol. The van der Waals surface area contributed by atoms with Crippen LogP contribution in [0, 0.1) is 10.1 Å². The van der Waals surface area contributed by atoms with E-state index in [1.54, 1.807) is 30.3 Å². The van der Waals surface area contributed by atoms with E-state index in [9.17, 15) is 15.2 Å². The van der Waals surface area contributed by atoms with Gasteiger partial charge in [0.1, 0.15) is 5.94 Å². The Kier molecular flexibility index (Phi) is 6.17. The molecule has 144 valence electrons. The van der Waals surface area contributed by atoms with E-state index in [1.807, 2.05) is 18.2 Å². The first kappa shape index (κ1) is 19.7. The van der Waals surface area contributed by atoms with Crippen molar-refractivity contribution in [2.45, 2.75) is 14.7 Å². The molecule has 5 N–H and O–H groups in total. The van der Waals surface area contributed by atoms with Gasteiger partial charge in [-0.1, -0.05) is 47.8 Å². The lowest BCUT2D eigenvalue weighted by Gasteiger charge is -2.11. The van der Waals surface area contributed by atoms with Crippen LogP contribution in [0.3, 0.4) is 0 Å². The number of hydrogen-bond acceptors (Lipinski definition) is 8. The molecule has 0 bridgehead atoms. The van der Waals surface area contributed by atoms with Crippen molar-refractivity contribution in [3.05, 3.63) is 70.8 Å². The Morgan fingerprint density at radius 1 is 0.964 bits per heavy atom. The number of nitrogens with zero attached hydrogens (tertiary/aromatic N) is 1. The Morgan fingerprint density at radius 3 is 2.18 bits per heavy atom. The van der Waals surface area contributed by atoms with Crippen molar-refractivity contribution < 1.29 is 14.8 Å². The number of benzene rings is 3. The zero-order chi connectivity index (χ0) is 20.1. The van der Waals surface area contributed by atoms with Crippen molar-refractivity contribution >= 4 is 40.6 Å². The number of rotatable bonds is 7. The summed E-state index contributed by atoms with van der Waals surface area (Å²) in [5.74, 6) is -0.0276. The standard InChI is InChI=1S/C19H17N3O4S2/c20-12-5-1-3-7-17(12)27-11-26-16-9-14(22(24)25)19(10-15(16)23)28-18-8-4-2-6-13(18)21/h1-10,23H,11,20-21H2. The molecule has 0 aliphatic carbocycles. The van der Waals surface area contributed by atoms with Crippen LogP contribution in [0.4, 0.5) is 17.1 Å². The molecular weight excluding hydrogens is 398 g/mol. The molecular formula is C19H17N3O4S2. The zero-order valence-electron chi connectivity index (χ0n) is 14.6. The number of nitro benzene ring substituents is 1. The molecule has 0 saturated heterocycles. The lowest BCUT2D eigenvalue weighted by molar-refractivity contribution is -0.387. The maximum absolute atomic E-state index is 11.5. The van der Waals surface area contributed by atoms with Crippen LogP contribution >= 0.6 is 23.5 Å². The number of phenols is 1. The van der Waals surface area contributed by atoms with Crippen molar-refractivity contribution in [1.29, 1.82) is 0 Å². The molecule has 28 heavy (non-hydrogen) atoms. The third-order valence-corrected chi connectivity index (χ3v) is 5.78. The number of aromatic hydroxyl groups is 1. The van der Waals surface area contributed by atoms with Gasteiger partial charge in [-0.05, 0) is 24.3 Å². The largest absolute Gasteiger partial charge is 0.504 e. The summed E-state index contributed by atoms with van der Waals surface area (Å²) in [6.07, 6.45) is 0. The highest BCUT2D eigenvalue weighted by molar-refractivity contribution is 7.99. The van der Waals surface area contributed by atoms with Crippen molar-refractivity contribution in [2.75, 3.05) is 17.4 Å². The summed E-state index contributed by atoms with van der Waals surface area (Å²) >= 11 is 2.43. The molecule has 3 rings (SSSR count). The van der Waals surface area contributed by atoms with E-state index < -0.39 is 4.92 Å². The zero-order valence-corrected chi connectivity index (χ0v) is 16.2. The van der Waals surface area contributed by atoms with E-state index >= 15 is 0 Å². The predicted octanol–water partition coefficient (Wildman–Crippen LogP) is 4.74. The lowest BCUT2D eigenvalue weighted by Crippen LogP contribution is -1.98. The molecule has 0 aromatic heterocycles. The van der Waals surface area contributed by atoms with Gasteiger partial charge < -0.3 is 21.3 Å². The highest BCUT2D eigenvalue weighted by Gasteiger charge is 2.21. The number of nitrogens with two attached hydrogens (primary N) is 2. The number of thioether (sulfide) groups is 1. The minimum Gasteiger partial charge on any atom is -0.504 e. The van der Waals surface area contributed by atoms with Crippen LogP contribution in [0.2, 0.25) is 0 Å². The van der Waals surface area contributed by atoms with E-state index in [1.165, 1.54) is 23.9 Å². The third-order valence-electron chi connectivity index (χ3n) is 3.72. The molecule has 0 aliphatic rings. The second-order valence-corrected chi connectivity index (χ2v) is 7.68. The van der Waals surface area contributed by atoms with Gasteiger partial charge in [-0.2, -0.15) is 0 Å². The summed E-state index contributed by atoms with van der Waals surface area (Å²) in [7, 11) is 0. The lowest BCUT2D eigenvalue weighted by atomic mass is 10.3. The molecule has 3 aromatic rings. The first-order valence-corrected chi connectivity index (χ1v) is 9.90. The van der Waals surface area contributed by atoms with Crippen molar-refractivity contribution in [3.63, 3.8) is 0 Å². The molecule has 3 aromatic carbocycles. The second-order valence-electron chi connectivity index (χ2n) is 5.63. The van der Waals surface area contributed by atoms with Crippen LogP contribution in [0.5, 0.6) is 11.5 Å².